The first-order valence-corrected chi connectivity index (χ1v) is 5.87. The van der Waals surface area contributed by atoms with E-state index in [0.29, 0.717) is 5.95 Å². The summed E-state index contributed by atoms with van der Waals surface area (Å²) in [5, 5.41) is 7.28. The maximum atomic E-state index is 4.38. The van der Waals surface area contributed by atoms with Crippen LogP contribution in [0.3, 0.4) is 0 Å². The second-order valence-corrected chi connectivity index (χ2v) is 4.10. The minimum Gasteiger partial charge on any atom is -0.354 e. The molecule has 0 radical (unpaired) electrons. The van der Waals surface area contributed by atoms with Crippen molar-refractivity contribution in [1.29, 1.82) is 0 Å². The lowest BCUT2D eigenvalue weighted by molar-refractivity contribution is 0.830. The maximum Gasteiger partial charge on any atom is 0.224 e. The van der Waals surface area contributed by atoms with Gasteiger partial charge in [0.25, 0.3) is 0 Å². The van der Waals surface area contributed by atoms with Crippen molar-refractivity contribution in [3.05, 3.63) is 29.1 Å². The highest BCUT2D eigenvalue weighted by molar-refractivity contribution is 9.10. The summed E-state index contributed by atoms with van der Waals surface area (Å²) in [6.45, 7) is 2.96. The SMILES string of the molecule is CCCNc1ncc(Br)c(-n2cccn2)n1. The smallest absolute Gasteiger partial charge is 0.224 e. The molecule has 0 saturated carbocycles. The Kier molecular flexibility index (Phi) is 3.51. The van der Waals surface area contributed by atoms with E-state index in [0.717, 1.165) is 23.3 Å². The second kappa shape index (κ2) is 5.07. The number of anilines is 1. The van der Waals surface area contributed by atoms with Crippen molar-refractivity contribution in [1.82, 2.24) is 19.7 Å². The molecule has 5 nitrogen and oxygen atoms in total. The summed E-state index contributed by atoms with van der Waals surface area (Å²) in [5.41, 5.74) is 0. The predicted octanol–water partition coefficient (Wildman–Crippen LogP) is 2.25. The van der Waals surface area contributed by atoms with Crippen molar-refractivity contribution in [2.75, 3.05) is 11.9 Å². The zero-order valence-electron chi connectivity index (χ0n) is 8.89. The molecule has 0 fully saturated rings. The standard InChI is InChI=1S/C10H12BrN5/c1-2-4-12-10-13-7-8(11)9(15-10)16-6-3-5-14-16/h3,5-7H,2,4H2,1H3,(H,12,13,15). The Morgan fingerprint density at radius 2 is 2.38 bits per heavy atom. The first-order valence-electron chi connectivity index (χ1n) is 5.07. The lowest BCUT2D eigenvalue weighted by Gasteiger charge is -2.07. The molecule has 0 spiro atoms. The average Bonchev–Trinajstić information content (AvgIpc) is 2.81. The molecule has 84 valence electrons. The zero-order chi connectivity index (χ0) is 11.4. The van der Waals surface area contributed by atoms with Gasteiger partial charge in [-0.25, -0.2) is 9.67 Å². The Labute approximate surface area is 102 Å². The van der Waals surface area contributed by atoms with Crippen LogP contribution in [0.2, 0.25) is 0 Å². The van der Waals surface area contributed by atoms with E-state index >= 15 is 0 Å². The fourth-order valence-corrected chi connectivity index (χ4v) is 1.61. The molecule has 0 aliphatic rings. The van der Waals surface area contributed by atoms with Gasteiger partial charge in [-0.1, -0.05) is 6.92 Å². The Morgan fingerprint density at radius 1 is 1.50 bits per heavy atom. The fourth-order valence-electron chi connectivity index (χ4n) is 1.23. The van der Waals surface area contributed by atoms with Gasteiger partial charge in [0.2, 0.25) is 5.95 Å². The van der Waals surface area contributed by atoms with Gasteiger partial charge >= 0.3 is 0 Å². The van der Waals surface area contributed by atoms with Crippen LogP contribution < -0.4 is 5.32 Å². The van der Waals surface area contributed by atoms with Gasteiger partial charge < -0.3 is 5.32 Å². The van der Waals surface area contributed by atoms with Gasteiger partial charge in [-0.3, -0.25) is 0 Å². The molecule has 0 saturated heterocycles. The minimum absolute atomic E-state index is 0.621. The Hall–Kier alpha value is -1.43. The number of hydrogen-bond donors (Lipinski definition) is 1. The van der Waals surface area contributed by atoms with Crippen molar-refractivity contribution in [3.8, 4) is 5.82 Å². The number of nitrogens with zero attached hydrogens (tertiary/aromatic N) is 4. The number of rotatable bonds is 4. The Balaban J connectivity index is 2.30. The lowest BCUT2D eigenvalue weighted by atomic mass is 10.5. The van der Waals surface area contributed by atoms with Crippen LogP contribution in [-0.2, 0) is 0 Å². The van der Waals surface area contributed by atoms with Crippen molar-refractivity contribution in [3.63, 3.8) is 0 Å². The van der Waals surface area contributed by atoms with E-state index in [1.807, 2.05) is 12.3 Å². The fraction of sp³-hybridized carbons (Fsp3) is 0.300. The summed E-state index contributed by atoms with van der Waals surface area (Å²) in [4.78, 5) is 8.56. The van der Waals surface area contributed by atoms with Crippen LogP contribution in [0, 0.1) is 0 Å². The highest BCUT2D eigenvalue weighted by Gasteiger charge is 2.06. The van der Waals surface area contributed by atoms with Crippen molar-refractivity contribution < 1.29 is 0 Å². The van der Waals surface area contributed by atoms with E-state index in [1.54, 1.807) is 17.1 Å². The second-order valence-electron chi connectivity index (χ2n) is 3.24. The van der Waals surface area contributed by atoms with Crippen molar-refractivity contribution >= 4 is 21.9 Å². The van der Waals surface area contributed by atoms with Gasteiger partial charge in [0.1, 0.15) is 0 Å². The zero-order valence-corrected chi connectivity index (χ0v) is 10.5. The van der Waals surface area contributed by atoms with E-state index in [1.165, 1.54) is 0 Å². The molecular weight excluding hydrogens is 270 g/mol. The number of nitrogens with one attached hydrogen (secondary N) is 1. The summed E-state index contributed by atoms with van der Waals surface area (Å²) in [5.74, 6) is 1.36. The van der Waals surface area contributed by atoms with Crippen LogP contribution >= 0.6 is 15.9 Å². The van der Waals surface area contributed by atoms with Crippen LogP contribution in [0.5, 0.6) is 0 Å². The molecule has 1 N–H and O–H groups in total. The molecule has 0 aromatic carbocycles. The van der Waals surface area contributed by atoms with Gasteiger partial charge in [-0.05, 0) is 28.4 Å². The first-order chi connectivity index (χ1) is 7.81. The van der Waals surface area contributed by atoms with Crippen molar-refractivity contribution in [2.24, 2.45) is 0 Å². The van der Waals surface area contributed by atoms with Crippen LogP contribution in [0.15, 0.2) is 29.1 Å². The third kappa shape index (κ3) is 2.38. The van der Waals surface area contributed by atoms with Crippen LogP contribution in [0.1, 0.15) is 13.3 Å². The maximum absolute atomic E-state index is 4.38. The Bertz CT molecular complexity index is 454. The molecule has 2 heterocycles. The topological polar surface area (TPSA) is 55.6 Å². The summed E-state index contributed by atoms with van der Waals surface area (Å²) in [6.07, 6.45) is 6.32. The molecule has 0 aliphatic carbocycles. The van der Waals surface area contributed by atoms with E-state index in [4.69, 9.17) is 0 Å². The summed E-state index contributed by atoms with van der Waals surface area (Å²) in [6, 6.07) is 1.85. The van der Waals surface area contributed by atoms with E-state index in [-0.39, 0.29) is 0 Å². The van der Waals surface area contributed by atoms with Crippen LogP contribution in [-0.4, -0.2) is 26.3 Å². The van der Waals surface area contributed by atoms with Crippen molar-refractivity contribution in [2.45, 2.75) is 13.3 Å². The quantitative estimate of drug-likeness (QED) is 0.934. The summed E-state index contributed by atoms with van der Waals surface area (Å²) < 4.78 is 2.52. The van der Waals surface area contributed by atoms with Crippen LogP contribution in [0.4, 0.5) is 5.95 Å². The molecule has 0 aliphatic heterocycles. The summed E-state index contributed by atoms with van der Waals surface area (Å²) in [7, 11) is 0. The third-order valence-electron chi connectivity index (χ3n) is 1.98. The normalized spacial score (nSPS) is 10.4. The average molecular weight is 282 g/mol. The molecule has 2 aromatic rings. The molecule has 16 heavy (non-hydrogen) atoms. The summed E-state index contributed by atoms with van der Waals surface area (Å²) >= 11 is 3.41. The van der Waals surface area contributed by atoms with Gasteiger partial charge in [0.15, 0.2) is 5.82 Å². The third-order valence-corrected chi connectivity index (χ3v) is 2.54. The number of halogens is 1. The minimum atomic E-state index is 0.621. The molecule has 0 unspecified atom stereocenters. The number of aromatic nitrogens is 4. The molecular formula is C10H12BrN5. The van der Waals surface area contributed by atoms with Gasteiger partial charge in [0, 0.05) is 25.1 Å². The Morgan fingerprint density at radius 3 is 3.06 bits per heavy atom. The number of hydrogen-bond acceptors (Lipinski definition) is 4. The molecule has 2 aromatic heterocycles. The van der Waals surface area contributed by atoms with E-state index in [2.05, 4.69) is 43.2 Å². The molecule has 0 bridgehead atoms. The van der Waals surface area contributed by atoms with E-state index in [9.17, 15) is 0 Å². The highest BCUT2D eigenvalue weighted by Crippen LogP contribution is 2.18. The first kappa shape index (κ1) is 11.1. The monoisotopic (exact) mass is 281 g/mol. The predicted molar refractivity (Wildman–Crippen MR) is 65.6 cm³/mol. The molecule has 0 atom stereocenters. The molecule has 6 heteroatoms. The van der Waals surface area contributed by atoms with Gasteiger partial charge in [0.05, 0.1) is 4.47 Å². The van der Waals surface area contributed by atoms with E-state index < -0.39 is 0 Å². The lowest BCUT2D eigenvalue weighted by Crippen LogP contribution is -2.07. The van der Waals surface area contributed by atoms with Gasteiger partial charge in [-0.15, -0.1) is 0 Å². The van der Waals surface area contributed by atoms with Gasteiger partial charge in [-0.2, -0.15) is 10.1 Å². The highest BCUT2D eigenvalue weighted by atomic mass is 79.9. The molecule has 0 amide bonds. The van der Waals surface area contributed by atoms with Crippen LogP contribution in [0.25, 0.3) is 5.82 Å². The molecule has 2 rings (SSSR count). The largest absolute Gasteiger partial charge is 0.354 e.